The zero-order valence-electron chi connectivity index (χ0n) is 17.5. The third-order valence-corrected chi connectivity index (χ3v) is 5.44. The van der Waals surface area contributed by atoms with Crippen LogP contribution in [0.5, 0.6) is 0 Å². The van der Waals surface area contributed by atoms with Crippen LogP contribution in [0.3, 0.4) is 0 Å². The molecule has 8 heteroatoms. The second-order valence-electron chi connectivity index (χ2n) is 8.74. The summed E-state index contributed by atoms with van der Waals surface area (Å²) in [4.78, 5) is 32.7. The highest BCUT2D eigenvalue weighted by Crippen LogP contribution is 2.38. The van der Waals surface area contributed by atoms with Crippen molar-refractivity contribution >= 4 is 35.0 Å². The summed E-state index contributed by atoms with van der Waals surface area (Å²) in [7, 11) is 0. The Bertz CT molecular complexity index is 998. The van der Waals surface area contributed by atoms with Gasteiger partial charge in [0.15, 0.2) is 0 Å². The second kappa shape index (κ2) is 7.47. The molecule has 1 N–H and O–H groups in total. The van der Waals surface area contributed by atoms with Gasteiger partial charge in [-0.3, -0.25) is 14.7 Å². The lowest BCUT2D eigenvalue weighted by molar-refractivity contribution is 0.0105. The number of nitrogens with zero attached hydrogens (tertiary/aromatic N) is 3. The normalized spacial score (nSPS) is 18.8. The van der Waals surface area contributed by atoms with Gasteiger partial charge in [-0.1, -0.05) is 11.6 Å². The molecular formula is C22H25ClN4O3. The van der Waals surface area contributed by atoms with Gasteiger partial charge in [-0.2, -0.15) is 0 Å². The van der Waals surface area contributed by atoms with Crippen molar-refractivity contribution in [2.75, 3.05) is 23.3 Å². The maximum absolute atomic E-state index is 12.9. The monoisotopic (exact) mass is 428 g/mol. The van der Waals surface area contributed by atoms with E-state index in [1.807, 2.05) is 39.8 Å². The van der Waals surface area contributed by atoms with E-state index in [0.29, 0.717) is 29.4 Å². The highest BCUT2D eigenvalue weighted by Gasteiger charge is 2.36. The van der Waals surface area contributed by atoms with E-state index in [4.69, 9.17) is 16.3 Å². The summed E-state index contributed by atoms with van der Waals surface area (Å²) >= 11 is 6.12. The largest absolute Gasteiger partial charge is 0.444 e. The number of rotatable bonds is 3. The van der Waals surface area contributed by atoms with Crippen molar-refractivity contribution in [2.45, 2.75) is 45.4 Å². The highest BCUT2D eigenvalue weighted by molar-refractivity contribution is 6.31. The Kier molecular flexibility index (Phi) is 5.10. The standard InChI is InChI=1S/C22H25ClN4O3/c1-13-19-7-14(23)5-6-18(19)20(28)27(13)17-8-15(9-24-10-17)25-16-11-26(12-16)21(29)30-22(2,3)4/h5-10,13,16,25H,11-12H2,1-4H3. The van der Waals surface area contributed by atoms with Crippen LogP contribution in [0.2, 0.25) is 5.02 Å². The van der Waals surface area contributed by atoms with Crippen molar-refractivity contribution in [1.82, 2.24) is 9.88 Å². The molecule has 1 atom stereocenters. The van der Waals surface area contributed by atoms with Crippen LogP contribution < -0.4 is 10.2 Å². The lowest BCUT2D eigenvalue weighted by Gasteiger charge is -2.40. The molecule has 2 aliphatic heterocycles. The van der Waals surface area contributed by atoms with Crippen molar-refractivity contribution in [3.63, 3.8) is 0 Å². The first-order valence-corrected chi connectivity index (χ1v) is 10.3. The zero-order chi connectivity index (χ0) is 21.6. The summed E-state index contributed by atoms with van der Waals surface area (Å²) < 4.78 is 5.38. The topological polar surface area (TPSA) is 74.8 Å². The number of hydrogen-bond acceptors (Lipinski definition) is 5. The van der Waals surface area contributed by atoms with Gasteiger partial charge in [-0.05, 0) is 57.5 Å². The Morgan fingerprint density at radius 3 is 2.67 bits per heavy atom. The molecule has 2 amide bonds. The van der Waals surface area contributed by atoms with Gasteiger partial charge in [0, 0.05) is 23.7 Å². The van der Waals surface area contributed by atoms with E-state index in [1.165, 1.54) is 0 Å². The third kappa shape index (κ3) is 3.94. The number of halogens is 1. The van der Waals surface area contributed by atoms with Crippen molar-refractivity contribution in [3.05, 3.63) is 52.8 Å². The summed E-state index contributed by atoms with van der Waals surface area (Å²) in [6.07, 6.45) is 3.09. The van der Waals surface area contributed by atoms with Gasteiger partial charge in [-0.25, -0.2) is 4.79 Å². The van der Waals surface area contributed by atoms with Gasteiger partial charge >= 0.3 is 6.09 Å². The lowest BCUT2D eigenvalue weighted by Crippen LogP contribution is -2.57. The minimum absolute atomic E-state index is 0.0622. The number of nitrogens with one attached hydrogen (secondary N) is 1. The number of pyridine rings is 1. The van der Waals surface area contributed by atoms with Gasteiger partial charge in [0.05, 0.1) is 35.9 Å². The summed E-state index contributed by atoms with van der Waals surface area (Å²) in [6.45, 7) is 8.65. The number of ether oxygens (including phenoxy) is 1. The van der Waals surface area contributed by atoms with Crippen LogP contribution in [0.4, 0.5) is 16.2 Å². The average Bonchev–Trinajstić information content (AvgIpc) is 2.86. The highest BCUT2D eigenvalue weighted by atomic mass is 35.5. The molecule has 3 heterocycles. The maximum atomic E-state index is 12.9. The number of carbonyl (C=O) groups excluding carboxylic acids is 2. The van der Waals surface area contributed by atoms with E-state index in [1.54, 1.807) is 34.3 Å². The summed E-state index contributed by atoms with van der Waals surface area (Å²) in [5.74, 6) is -0.0622. The van der Waals surface area contributed by atoms with Crippen LogP contribution in [0.15, 0.2) is 36.7 Å². The molecular weight excluding hydrogens is 404 g/mol. The number of aromatic nitrogens is 1. The molecule has 7 nitrogen and oxygen atoms in total. The summed E-state index contributed by atoms with van der Waals surface area (Å²) in [6, 6.07) is 7.23. The first-order valence-electron chi connectivity index (χ1n) is 9.95. The number of benzene rings is 1. The van der Waals surface area contributed by atoms with Crippen LogP contribution in [-0.2, 0) is 4.74 Å². The molecule has 1 aromatic carbocycles. The second-order valence-corrected chi connectivity index (χ2v) is 9.18. The molecule has 1 fully saturated rings. The van der Waals surface area contributed by atoms with Crippen LogP contribution in [0.25, 0.3) is 0 Å². The van der Waals surface area contributed by atoms with E-state index in [9.17, 15) is 9.59 Å². The fraction of sp³-hybridized carbons (Fsp3) is 0.409. The number of carbonyl (C=O) groups is 2. The Morgan fingerprint density at radius 2 is 1.97 bits per heavy atom. The van der Waals surface area contributed by atoms with Crippen molar-refractivity contribution in [3.8, 4) is 0 Å². The fourth-order valence-corrected chi connectivity index (χ4v) is 3.96. The van der Waals surface area contributed by atoms with Crippen molar-refractivity contribution in [2.24, 2.45) is 0 Å². The van der Waals surface area contributed by atoms with Gasteiger partial charge in [0.1, 0.15) is 5.60 Å². The molecule has 1 unspecified atom stereocenters. The van der Waals surface area contributed by atoms with Crippen LogP contribution in [-0.4, -0.2) is 46.6 Å². The Balaban J connectivity index is 1.42. The van der Waals surface area contributed by atoms with E-state index in [0.717, 1.165) is 11.3 Å². The van der Waals surface area contributed by atoms with E-state index < -0.39 is 5.60 Å². The predicted octanol–water partition coefficient (Wildman–Crippen LogP) is 4.49. The minimum atomic E-state index is -0.505. The zero-order valence-corrected chi connectivity index (χ0v) is 18.2. The Hall–Kier alpha value is -2.80. The Labute approximate surface area is 181 Å². The SMILES string of the molecule is CC1c2cc(Cl)ccc2C(=O)N1c1cncc(NC2CN(C(=O)OC(C)(C)C)C2)c1. The van der Waals surface area contributed by atoms with Gasteiger partial charge in [0.25, 0.3) is 5.91 Å². The molecule has 158 valence electrons. The molecule has 0 radical (unpaired) electrons. The van der Waals surface area contributed by atoms with Gasteiger partial charge in [-0.15, -0.1) is 0 Å². The molecule has 30 heavy (non-hydrogen) atoms. The average molecular weight is 429 g/mol. The third-order valence-electron chi connectivity index (χ3n) is 5.21. The number of hydrogen-bond donors (Lipinski definition) is 1. The van der Waals surface area contributed by atoms with Crippen LogP contribution in [0, 0.1) is 0 Å². The molecule has 1 aromatic heterocycles. The van der Waals surface area contributed by atoms with Gasteiger partial charge in [0.2, 0.25) is 0 Å². The maximum Gasteiger partial charge on any atom is 0.410 e. The van der Waals surface area contributed by atoms with Crippen molar-refractivity contribution < 1.29 is 14.3 Å². The van der Waals surface area contributed by atoms with Crippen LogP contribution in [0.1, 0.15) is 49.7 Å². The number of anilines is 2. The predicted molar refractivity (Wildman–Crippen MR) is 116 cm³/mol. The van der Waals surface area contributed by atoms with E-state index >= 15 is 0 Å². The number of likely N-dealkylation sites (tertiary alicyclic amines) is 1. The van der Waals surface area contributed by atoms with Crippen LogP contribution >= 0.6 is 11.6 Å². The molecule has 1 saturated heterocycles. The van der Waals surface area contributed by atoms with E-state index in [-0.39, 0.29) is 24.1 Å². The minimum Gasteiger partial charge on any atom is -0.444 e. The quantitative estimate of drug-likeness (QED) is 0.779. The first kappa shape index (κ1) is 20.5. The number of fused-ring (bicyclic) bond motifs is 1. The Morgan fingerprint density at radius 1 is 1.23 bits per heavy atom. The molecule has 0 saturated carbocycles. The smallest absolute Gasteiger partial charge is 0.410 e. The fourth-order valence-electron chi connectivity index (χ4n) is 3.78. The molecule has 2 aromatic rings. The van der Waals surface area contributed by atoms with Gasteiger partial charge < -0.3 is 15.0 Å². The molecule has 0 bridgehead atoms. The molecule has 0 spiro atoms. The lowest BCUT2D eigenvalue weighted by atomic mass is 10.1. The summed E-state index contributed by atoms with van der Waals surface area (Å²) in [5, 5.41) is 3.99. The van der Waals surface area contributed by atoms with Crippen molar-refractivity contribution in [1.29, 1.82) is 0 Å². The molecule has 0 aliphatic carbocycles. The number of amides is 2. The summed E-state index contributed by atoms with van der Waals surface area (Å²) in [5.41, 5.74) is 2.59. The van der Waals surface area contributed by atoms with E-state index in [2.05, 4.69) is 10.3 Å². The first-order chi connectivity index (χ1) is 14.1. The molecule has 4 rings (SSSR count). The molecule has 2 aliphatic rings.